The molecule has 1 amide bonds. The van der Waals surface area contributed by atoms with Gasteiger partial charge in [-0.3, -0.25) is 4.79 Å². The number of carbonyl (C=O) groups is 1. The molecule has 0 saturated carbocycles. The highest BCUT2D eigenvalue weighted by Crippen LogP contribution is 2.26. The highest BCUT2D eigenvalue weighted by atomic mass is 32.2. The maximum Gasteiger partial charge on any atom is 0.255 e. The maximum atomic E-state index is 12.3. The molecule has 1 aromatic heterocycles. The SMILES string of the molecule is Cc1cccc(NC(=O)c2ccc(CSc3nc(C)cs3)cc2)c1. The van der Waals surface area contributed by atoms with E-state index in [2.05, 4.69) is 15.7 Å². The first-order chi connectivity index (χ1) is 11.6. The number of rotatable bonds is 5. The molecule has 3 nitrogen and oxygen atoms in total. The average Bonchev–Trinajstić information content (AvgIpc) is 2.99. The van der Waals surface area contributed by atoms with E-state index in [1.165, 1.54) is 5.56 Å². The smallest absolute Gasteiger partial charge is 0.255 e. The second-order valence-corrected chi connectivity index (χ2v) is 7.64. The number of nitrogens with zero attached hydrogens (tertiary/aromatic N) is 1. The zero-order valence-electron chi connectivity index (χ0n) is 13.6. The molecule has 3 rings (SSSR count). The van der Waals surface area contributed by atoms with Gasteiger partial charge < -0.3 is 5.32 Å². The van der Waals surface area contributed by atoms with E-state index in [0.29, 0.717) is 5.56 Å². The van der Waals surface area contributed by atoms with Gasteiger partial charge >= 0.3 is 0 Å². The van der Waals surface area contributed by atoms with E-state index in [4.69, 9.17) is 0 Å². The van der Waals surface area contributed by atoms with E-state index in [0.717, 1.165) is 27.0 Å². The Bertz CT molecular complexity index is 841. The van der Waals surface area contributed by atoms with Crippen LogP contribution in [0.1, 0.15) is 27.2 Å². The Labute approximate surface area is 150 Å². The number of aryl methyl sites for hydroxylation is 2. The van der Waals surface area contributed by atoms with Crippen LogP contribution in [-0.2, 0) is 5.75 Å². The summed E-state index contributed by atoms with van der Waals surface area (Å²) in [5, 5.41) is 4.98. The van der Waals surface area contributed by atoms with Gasteiger partial charge in [-0.1, -0.05) is 36.0 Å². The molecule has 0 aliphatic carbocycles. The summed E-state index contributed by atoms with van der Waals surface area (Å²) in [7, 11) is 0. The van der Waals surface area contributed by atoms with Crippen LogP contribution in [0, 0.1) is 13.8 Å². The van der Waals surface area contributed by atoms with E-state index < -0.39 is 0 Å². The molecular formula is C19H18N2OS2. The fraction of sp³-hybridized carbons (Fsp3) is 0.158. The largest absolute Gasteiger partial charge is 0.322 e. The van der Waals surface area contributed by atoms with E-state index in [-0.39, 0.29) is 5.91 Å². The molecule has 3 aromatic rings. The minimum atomic E-state index is -0.0876. The fourth-order valence-electron chi connectivity index (χ4n) is 2.22. The molecule has 0 spiro atoms. The van der Waals surface area contributed by atoms with Gasteiger partial charge in [-0.15, -0.1) is 11.3 Å². The number of amides is 1. The number of thiazole rings is 1. The summed E-state index contributed by atoms with van der Waals surface area (Å²) in [4.78, 5) is 16.7. The molecule has 1 heterocycles. The standard InChI is InChI=1S/C19H18N2OS2/c1-13-4-3-5-17(10-13)21-18(22)16-8-6-15(7-9-16)12-24-19-20-14(2)11-23-19/h3-11H,12H2,1-2H3,(H,21,22). The van der Waals surface area contributed by atoms with Crippen LogP contribution >= 0.6 is 23.1 Å². The minimum absolute atomic E-state index is 0.0876. The summed E-state index contributed by atoms with van der Waals surface area (Å²) < 4.78 is 1.08. The lowest BCUT2D eigenvalue weighted by Crippen LogP contribution is -2.11. The lowest BCUT2D eigenvalue weighted by molar-refractivity contribution is 0.102. The third kappa shape index (κ3) is 4.46. The number of aromatic nitrogens is 1. The molecule has 24 heavy (non-hydrogen) atoms. The van der Waals surface area contributed by atoms with Crippen molar-refractivity contribution in [1.29, 1.82) is 0 Å². The molecule has 0 unspecified atom stereocenters. The van der Waals surface area contributed by atoms with Crippen LogP contribution in [-0.4, -0.2) is 10.9 Å². The van der Waals surface area contributed by atoms with Crippen LogP contribution in [0.25, 0.3) is 0 Å². The predicted molar refractivity (Wildman–Crippen MR) is 102 cm³/mol. The number of hydrogen-bond acceptors (Lipinski definition) is 4. The monoisotopic (exact) mass is 354 g/mol. The van der Waals surface area contributed by atoms with Crippen molar-refractivity contribution in [2.45, 2.75) is 23.9 Å². The molecule has 0 aliphatic heterocycles. The zero-order chi connectivity index (χ0) is 16.9. The van der Waals surface area contributed by atoms with Gasteiger partial charge in [-0.05, 0) is 49.2 Å². The normalized spacial score (nSPS) is 10.6. The summed E-state index contributed by atoms with van der Waals surface area (Å²) in [5.74, 6) is 0.766. The number of carbonyl (C=O) groups excluding carboxylic acids is 1. The van der Waals surface area contributed by atoms with Gasteiger partial charge in [0, 0.05) is 28.1 Å². The number of nitrogens with one attached hydrogen (secondary N) is 1. The lowest BCUT2D eigenvalue weighted by Gasteiger charge is -2.07. The van der Waals surface area contributed by atoms with Gasteiger partial charge in [0.25, 0.3) is 5.91 Å². The van der Waals surface area contributed by atoms with E-state index in [9.17, 15) is 4.79 Å². The predicted octanol–water partition coefficient (Wildman–Crippen LogP) is 5.30. The molecule has 5 heteroatoms. The van der Waals surface area contributed by atoms with Gasteiger partial charge in [0.15, 0.2) is 0 Å². The van der Waals surface area contributed by atoms with Crippen molar-refractivity contribution in [2.24, 2.45) is 0 Å². The Kier molecular flexibility index (Phi) is 5.33. The number of anilines is 1. The van der Waals surface area contributed by atoms with Crippen molar-refractivity contribution < 1.29 is 4.79 Å². The summed E-state index contributed by atoms with van der Waals surface area (Å²) in [5.41, 5.74) is 4.84. The molecule has 0 fully saturated rings. The Morgan fingerprint density at radius 2 is 1.96 bits per heavy atom. The van der Waals surface area contributed by atoms with Crippen molar-refractivity contribution >= 4 is 34.7 Å². The number of benzene rings is 2. The number of thioether (sulfide) groups is 1. The molecule has 0 aliphatic rings. The van der Waals surface area contributed by atoms with Crippen molar-refractivity contribution in [3.05, 3.63) is 76.3 Å². The Balaban J connectivity index is 1.60. The van der Waals surface area contributed by atoms with Crippen molar-refractivity contribution in [1.82, 2.24) is 4.98 Å². The zero-order valence-corrected chi connectivity index (χ0v) is 15.2. The third-order valence-electron chi connectivity index (χ3n) is 3.45. The summed E-state index contributed by atoms with van der Waals surface area (Å²) in [6.45, 7) is 4.01. The molecule has 122 valence electrons. The maximum absolute atomic E-state index is 12.3. The highest BCUT2D eigenvalue weighted by molar-refractivity contribution is 8.00. The Hall–Kier alpha value is -2.11. The van der Waals surface area contributed by atoms with Crippen molar-refractivity contribution in [3.63, 3.8) is 0 Å². The quantitative estimate of drug-likeness (QED) is 0.632. The third-order valence-corrected chi connectivity index (χ3v) is 5.66. The molecule has 2 aromatic carbocycles. The molecule has 0 radical (unpaired) electrons. The van der Waals surface area contributed by atoms with Gasteiger partial charge in [-0.2, -0.15) is 0 Å². The lowest BCUT2D eigenvalue weighted by atomic mass is 10.1. The van der Waals surface area contributed by atoms with Crippen LogP contribution < -0.4 is 5.32 Å². The van der Waals surface area contributed by atoms with E-state index in [1.54, 1.807) is 23.1 Å². The Morgan fingerprint density at radius 1 is 1.17 bits per heavy atom. The van der Waals surface area contributed by atoms with Gasteiger partial charge in [0.05, 0.1) is 0 Å². The highest BCUT2D eigenvalue weighted by Gasteiger charge is 2.07. The van der Waals surface area contributed by atoms with E-state index in [1.807, 2.05) is 62.4 Å². The van der Waals surface area contributed by atoms with Crippen LogP contribution in [0.4, 0.5) is 5.69 Å². The summed E-state index contributed by atoms with van der Waals surface area (Å²) in [6, 6.07) is 15.5. The van der Waals surface area contributed by atoms with Gasteiger partial charge in [0.2, 0.25) is 0 Å². The van der Waals surface area contributed by atoms with Crippen LogP contribution in [0.2, 0.25) is 0 Å². The topological polar surface area (TPSA) is 42.0 Å². The Morgan fingerprint density at radius 3 is 2.62 bits per heavy atom. The molecule has 0 saturated heterocycles. The molecular weight excluding hydrogens is 336 g/mol. The first-order valence-electron chi connectivity index (χ1n) is 7.62. The average molecular weight is 355 g/mol. The van der Waals surface area contributed by atoms with Crippen molar-refractivity contribution in [2.75, 3.05) is 5.32 Å². The van der Waals surface area contributed by atoms with Gasteiger partial charge in [0.1, 0.15) is 4.34 Å². The van der Waals surface area contributed by atoms with E-state index >= 15 is 0 Å². The fourth-order valence-corrected chi connectivity index (χ4v) is 4.03. The van der Waals surface area contributed by atoms with Crippen LogP contribution in [0.3, 0.4) is 0 Å². The molecule has 0 bridgehead atoms. The first-order valence-corrected chi connectivity index (χ1v) is 9.48. The van der Waals surface area contributed by atoms with Crippen LogP contribution in [0.15, 0.2) is 58.3 Å². The minimum Gasteiger partial charge on any atom is -0.322 e. The molecule has 1 N–H and O–H groups in total. The second kappa shape index (κ2) is 7.64. The summed E-state index contributed by atoms with van der Waals surface area (Å²) >= 11 is 3.39. The first kappa shape index (κ1) is 16.7. The molecule has 0 atom stereocenters. The number of hydrogen-bond donors (Lipinski definition) is 1. The second-order valence-electron chi connectivity index (χ2n) is 5.56. The van der Waals surface area contributed by atoms with Gasteiger partial charge in [-0.25, -0.2) is 4.98 Å². The van der Waals surface area contributed by atoms with Crippen molar-refractivity contribution in [3.8, 4) is 0 Å². The van der Waals surface area contributed by atoms with Crippen LogP contribution in [0.5, 0.6) is 0 Å². The summed E-state index contributed by atoms with van der Waals surface area (Å²) in [6.07, 6.45) is 0.